The van der Waals surface area contributed by atoms with Crippen LogP contribution in [0.4, 0.5) is 0 Å². The minimum Gasteiger partial charge on any atom is -0.340 e. The molecular weight excluding hydrogens is 484 g/mol. The lowest BCUT2D eigenvalue weighted by Crippen LogP contribution is -3.05. The van der Waals surface area contributed by atoms with Gasteiger partial charge in [0.25, 0.3) is 0 Å². The summed E-state index contributed by atoms with van der Waals surface area (Å²) < 4.78 is 1.48. The zero-order valence-electron chi connectivity index (χ0n) is 29.9. The number of hydrogen-bond donors (Lipinski definition) is 1. The van der Waals surface area contributed by atoms with Gasteiger partial charge in [-0.3, -0.25) is 0 Å². The van der Waals surface area contributed by atoms with Crippen molar-refractivity contribution >= 4 is 0 Å². The van der Waals surface area contributed by atoms with Gasteiger partial charge in [-0.2, -0.15) is 0 Å². The summed E-state index contributed by atoms with van der Waals surface area (Å²) in [6.45, 7) is 18.6. The lowest BCUT2D eigenvalue weighted by Gasteiger charge is -2.40. The van der Waals surface area contributed by atoms with E-state index < -0.39 is 0 Å². The molecule has 0 aromatic heterocycles. The molecule has 0 heterocycles. The second-order valence-electron chi connectivity index (χ2n) is 13.6. The van der Waals surface area contributed by atoms with E-state index in [1.165, 1.54) is 209 Å². The zero-order chi connectivity index (χ0) is 30.0. The quantitative estimate of drug-likeness (QED) is 0.0626. The maximum absolute atomic E-state index is 2.34. The number of hydrogen-bond acceptors (Lipinski definition) is 0. The van der Waals surface area contributed by atoms with Crippen molar-refractivity contribution in [3.05, 3.63) is 0 Å². The third-order valence-corrected chi connectivity index (χ3v) is 9.15. The zero-order valence-corrected chi connectivity index (χ0v) is 29.9. The van der Waals surface area contributed by atoms with Crippen LogP contribution in [0.15, 0.2) is 0 Å². The van der Waals surface area contributed by atoms with Gasteiger partial charge in [-0.05, 0) is 58.3 Å². The highest BCUT2D eigenvalue weighted by atomic mass is 15.3. The van der Waals surface area contributed by atoms with Crippen molar-refractivity contribution < 1.29 is 9.38 Å². The van der Waals surface area contributed by atoms with Gasteiger partial charge >= 0.3 is 0 Å². The maximum Gasteiger partial charge on any atom is 0.0786 e. The fourth-order valence-electron chi connectivity index (χ4n) is 5.93. The highest BCUT2D eigenvalue weighted by Crippen LogP contribution is 2.21. The van der Waals surface area contributed by atoms with Gasteiger partial charge in [0, 0.05) is 0 Å². The number of nitrogens with one attached hydrogen (secondary N) is 1. The molecule has 0 fully saturated rings. The van der Waals surface area contributed by atoms with Gasteiger partial charge in [-0.25, -0.2) is 0 Å². The minimum absolute atomic E-state index is 1.22. The van der Waals surface area contributed by atoms with E-state index in [1.807, 2.05) is 0 Å². The van der Waals surface area contributed by atoms with E-state index in [4.69, 9.17) is 0 Å². The molecule has 0 rings (SSSR count). The van der Waals surface area contributed by atoms with E-state index in [0.717, 1.165) is 0 Å². The summed E-state index contributed by atoms with van der Waals surface area (Å²) in [7, 11) is 4.28. The van der Waals surface area contributed by atoms with Crippen LogP contribution < -0.4 is 4.90 Å². The normalized spacial score (nSPS) is 11.7. The summed E-state index contributed by atoms with van der Waals surface area (Å²) >= 11 is 0. The molecule has 0 spiro atoms. The Morgan fingerprint density at radius 2 is 0.475 bits per heavy atom. The minimum atomic E-state index is 1.22. The Morgan fingerprint density at radius 3 is 0.650 bits per heavy atom. The Labute approximate surface area is 257 Å². The molecule has 2 nitrogen and oxygen atoms in total. The third-order valence-electron chi connectivity index (χ3n) is 9.15. The predicted molar refractivity (Wildman–Crippen MR) is 186 cm³/mol. The summed E-state index contributed by atoms with van der Waals surface area (Å²) in [5.74, 6) is 0. The molecule has 0 aromatic rings. The van der Waals surface area contributed by atoms with Crippen LogP contribution in [0, 0.1) is 0 Å². The van der Waals surface area contributed by atoms with E-state index in [-0.39, 0.29) is 0 Å². The molecule has 0 aliphatic rings. The lowest BCUT2D eigenvalue weighted by molar-refractivity contribution is -0.929. The molecule has 0 atom stereocenters. The number of nitrogens with zero attached hydrogens (tertiary/aromatic N) is 1. The molecule has 244 valence electrons. The summed E-state index contributed by atoms with van der Waals surface area (Å²) in [5, 5.41) is 0. The van der Waals surface area contributed by atoms with E-state index in [2.05, 4.69) is 48.7 Å². The first kappa shape index (κ1) is 42.1. The van der Waals surface area contributed by atoms with Crippen LogP contribution in [0.3, 0.4) is 0 Å². The molecule has 0 saturated heterocycles. The number of rotatable bonds is 31. The maximum atomic E-state index is 2.34. The monoisotopic (exact) mass is 569 g/mol. The highest BCUT2D eigenvalue weighted by Gasteiger charge is 2.25. The van der Waals surface area contributed by atoms with Crippen molar-refractivity contribution in [2.24, 2.45) is 0 Å². The summed E-state index contributed by atoms with van der Waals surface area (Å²) in [5.41, 5.74) is 0. The summed E-state index contributed by atoms with van der Waals surface area (Å²) in [6.07, 6.45) is 37.8. The van der Waals surface area contributed by atoms with E-state index >= 15 is 0 Å². The molecule has 2 heteroatoms. The summed E-state index contributed by atoms with van der Waals surface area (Å²) in [4.78, 5) is 1.50. The van der Waals surface area contributed by atoms with Crippen LogP contribution in [0.1, 0.15) is 202 Å². The molecule has 0 bridgehead atoms. The van der Waals surface area contributed by atoms with Gasteiger partial charge in [0.2, 0.25) is 0 Å². The first-order valence-electron chi connectivity index (χ1n) is 19.2. The second kappa shape index (κ2) is 35.1. The highest BCUT2D eigenvalue weighted by molar-refractivity contribution is 4.55. The second-order valence-corrected chi connectivity index (χ2v) is 13.6. The molecule has 40 heavy (non-hydrogen) atoms. The van der Waals surface area contributed by atoms with Crippen LogP contribution in [0.2, 0.25) is 0 Å². The standard InChI is InChI=1S/C34H72N.C4H11N/c1-5-9-13-17-21-22-26-30-34-35(31-27-23-18-14-10-6-2,32-28-24-19-15-11-7-3)33-29-25-20-16-12-8-4;1-4-5(2)3/h5-34H2,1-4H3;4H2,1-3H3/q+1;/p+1. The molecule has 0 aliphatic heterocycles. The fraction of sp³-hybridized carbons (Fsp3) is 1.00. The Balaban J connectivity index is 0. The SMILES string of the molecule is CCCCCCCCCC[N+](CCCCCCCC)(CCCCCCCC)CCCCCCCC.CC[NH+](C)C. The van der Waals surface area contributed by atoms with Crippen molar-refractivity contribution in [3.8, 4) is 0 Å². The van der Waals surface area contributed by atoms with Crippen molar-refractivity contribution in [1.29, 1.82) is 0 Å². The van der Waals surface area contributed by atoms with Crippen molar-refractivity contribution in [2.45, 2.75) is 202 Å². The molecule has 0 aromatic carbocycles. The lowest BCUT2D eigenvalue weighted by atomic mass is 10.0. The Hall–Kier alpha value is -0.0800. The molecular formula is C38H84N2+2. The molecule has 0 aliphatic carbocycles. The van der Waals surface area contributed by atoms with Crippen LogP contribution in [0.5, 0.6) is 0 Å². The van der Waals surface area contributed by atoms with Crippen LogP contribution >= 0.6 is 0 Å². The van der Waals surface area contributed by atoms with E-state index in [1.54, 1.807) is 0 Å². The van der Waals surface area contributed by atoms with Crippen LogP contribution in [-0.4, -0.2) is 51.3 Å². The molecule has 0 saturated carbocycles. The van der Waals surface area contributed by atoms with Gasteiger partial charge in [0.1, 0.15) is 0 Å². The average molecular weight is 569 g/mol. The third kappa shape index (κ3) is 32.4. The molecule has 0 amide bonds. The summed E-state index contributed by atoms with van der Waals surface area (Å²) in [6, 6.07) is 0. The predicted octanol–water partition coefficient (Wildman–Crippen LogP) is 11.2. The Bertz CT molecular complexity index is 392. The molecule has 0 radical (unpaired) electrons. The number of quaternary nitrogens is 2. The van der Waals surface area contributed by atoms with Gasteiger partial charge in [0.05, 0.1) is 46.8 Å². The van der Waals surface area contributed by atoms with Crippen molar-refractivity contribution in [3.63, 3.8) is 0 Å². The smallest absolute Gasteiger partial charge is 0.0786 e. The van der Waals surface area contributed by atoms with Gasteiger partial charge in [-0.15, -0.1) is 0 Å². The Morgan fingerprint density at radius 1 is 0.300 bits per heavy atom. The van der Waals surface area contributed by atoms with E-state index in [0.29, 0.717) is 0 Å². The largest absolute Gasteiger partial charge is 0.340 e. The van der Waals surface area contributed by atoms with E-state index in [9.17, 15) is 0 Å². The molecule has 1 N–H and O–H groups in total. The topological polar surface area (TPSA) is 4.44 Å². The van der Waals surface area contributed by atoms with Gasteiger partial charge < -0.3 is 9.38 Å². The first-order chi connectivity index (χ1) is 19.5. The van der Waals surface area contributed by atoms with Crippen LogP contribution in [0.25, 0.3) is 0 Å². The van der Waals surface area contributed by atoms with Crippen LogP contribution in [-0.2, 0) is 0 Å². The van der Waals surface area contributed by atoms with Gasteiger partial charge in [0.15, 0.2) is 0 Å². The van der Waals surface area contributed by atoms with Crippen molar-refractivity contribution in [2.75, 3.05) is 46.8 Å². The first-order valence-corrected chi connectivity index (χ1v) is 19.2. The molecule has 0 unspecified atom stereocenters. The number of unbranched alkanes of at least 4 members (excludes halogenated alkanes) is 22. The fourth-order valence-corrected chi connectivity index (χ4v) is 5.93. The average Bonchev–Trinajstić information content (AvgIpc) is 2.96. The van der Waals surface area contributed by atoms with Crippen molar-refractivity contribution in [1.82, 2.24) is 0 Å². The Kier molecular flexibility index (Phi) is 36.9. The van der Waals surface area contributed by atoms with Gasteiger partial charge in [-0.1, -0.05) is 143 Å².